The summed E-state index contributed by atoms with van der Waals surface area (Å²) in [5.41, 5.74) is 2.52. The number of hydrazine groups is 1. The molecule has 2 heterocycles. The molecule has 0 radical (unpaired) electrons. The monoisotopic (exact) mass is 245 g/mol. The van der Waals surface area contributed by atoms with Gasteiger partial charge in [-0.1, -0.05) is 11.3 Å². The van der Waals surface area contributed by atoms with E-state index in [1.807, 2.05) is 11.8 Å². The zero-order valence-corrected chi connectivity index (χ0v) is 10.3. The summed E-state index contributed by atoms with van der Waals surface area (Å²) >= 11 is 3.54. The number of hydrogen-bond acceptors (Lipinski definition) is 7. The lowest BCUT2D eigenvalue weighted by atomic mass is 10.3. The molecule has 1 saturated heterocycles. The molecule has 1 aromatic rings. The summed E-state index contributed by atoms with van der Waals surface area (Å²) in [6, 6.07) is 0.627. The molecule has 0 aromatic carbocycles. The van der Waals surface area contributed by atoms with Gasteiger partial charge < -0.3 is 0 Å². The van der Waals surface area contributed by atoms with E-state index in [1.165, 1.54) is 22.8 Å². The molecule has 1 aromatic heterocycles. The van der Waals surface area contributed by atoms with Crippen LogP contribution in [0.15, 0.2) is 0 Å². The van der Waals surface area contributed by atoms with Crippen LogP contribution in [0.3, 0.4) is 0 Å². The Bertz CT molecular complexity index is 316. The number of nitrogens with one attached hydrogen (secondary N) is 1. The highest BCUT2D eigenvalue weighted by molar-refractivity contribution is 7.99. The summed E-state index contributed by atoms with van der Waals surface area (Å²) < 4.78 is 0. The van der Waals surface area contributed by atoms with Crippen LogP contribution < -0.4 is 11.3 Å². The van der Waals surface area contributed by atoms with E-state index in [4.69, 9.17) is 5.84 Å². The summed E-state index contributed by atoms with van der Waals surface area (Å²) in [4.78, 5) is 2.44. The van der Waals surface area contributed by atoms with Crippen molar-refractivity contribution in [3.05, 3.63) is 5.01 Å². The van der Waals surface area contributed by atoms with Gasteiger partial charge in [0, 0.05) is 24.1 Å². The average Bonchev–Trinajstić information content (AvgIpc) is 2.69. The Hall–Kier alpha value is -0.370. The lowest BCUT2D eigenvalue weighted by Gasteiger charge is -2.31. The van der Waals surface area contributed by atoms with Crippen molar-refractivity contribution in [2.24, 2.45) is 5.84 Å². The van der Waals surface area contributed by atoms with E-state index in [0.717, 1.165) is 18.1 Å². The van der Waals surface area contributed by atoms with Crippen LogP contribution in [0.2, 0.25) is 0 Å². The van der Waals surface area contributed by atoms with Gasteiger partial charge in [-0.15, -0.1) is 10.2 Å². The van der Waals surface area contributed by atoms with Gasteiger partial charge in [0.15, 0.2) is 0 Å². The maximum absolute atomic E-state index is 5.26. The predicted octanol–water partition coefficient (Wildman–Crippen LogP) is 0.761. The first-order valence-corrected chi connectivity index (χ1v) is 6.87. The third kappa shape index (κ3) is 2.81. The number of nitrogens with two attached hydrogens (primary N) is 1. The summed E-state index contributed by atoms with van der Waals surface area (Å²) in [6.07, 6.45) is 0. The van der Waals surface area contributed by atoms with Crippen LogP contribution in [0.4, 0.5) is 5.13 Å². The normalized spacial score (nSPS) is 22.9. The Morgan fingerprint density at radius 3 is 3.13 bits per heavy atom. The molecule has 7 heteroatoms. The Morgan fingerprint density at radius 1 is 1.60 bits per heavy atom. The predicted molar refractivity (Wildman–Crippen MR) is 64.9 cm³/mol. The van der Waals surface area contributed by atoms with E-state index < -0.39 is 0 Å². The summed E-state index contributed by atoms with van der Waals surface area (Å²) in [6.45, 7) is 4.28. The lowest BCUT2D eigenvalue weighted by Crippen LogP contribution is -2.39. The van der Waals surface area contributed by atoms with E-state index in [2.05, 4.69) is 27.4 Å². The first-order valence-electron chi connectivity index (χ1n) is 4.90. The van der Waals surface area contributed by atoms with Crippen molar-refractivity contribution in [2.75, 3.05) is 23.5 Å². The molecule has 0 amide bonds. The van der Waals surface area contributed by atoms with Gasteiger partial charge in [-0.3, -0.25) is 10.3 Å². The maximum Gasteiger partial charge on any atom is 0.219 e. The minimum atomic E-state index is 0.627. The number of nitrogen functional groups attached to an aromatic ring is 1. The zero-order valence-electron chi connectivity index (χ0n) is 8.64. The molecule has 0 spiro atoms. The molecule has 0 saturated carbocycles. The molecule has 5 nitrogen and oxygen atoms in total. The van der Waals surface area contributed by atoms with Crippen molar-refractivity contribution >= 4 is 28.2 Å². The van der Waals surface area contributed by atoms with E-state index >= 15 is 0 Å². The topological polar surface area (TPSA) is 67.1 Å². The van der Waals surface area contributed by atoms with E-state index in [-0.39, 0.29) is 0 Å². The molecule has 1 fully saturated rings. The fourth-order valence-corrected chi connectivity index (χ4v) is 3.30. The van der Waals surface area contributed by atoms with Crippen LogP contribution in [0.1, 0.15) is 11.9 Å². The standard InChI is InChI=1S/C8H15N5S2/c1-6-5-14-3-2-13(6)4-7-11-12-8(10-9)15-7/h6H,2-5,9H2,1H3,(H,10,12). The molecule has 0 aliphatic carbocycles. The third-order valence-electron chi connectivity index (χ3n) is 2.43. The van der Waals surface area contributed by atoms with Crippen molar-refractivity contribution in [2.45, 2.75) is 19.5 Å². The van der Waals surface area contributed by atoms with Crippen LogP contribution in [0.5, 0.6) is 0 Å². The average molecular weight is 245 g/mol. The molecule has 15 heavy (non-hydrogen) atoms. The van der Waals surface area contributed by atoms with Crippen molar-refractivity contribution in [3.8, 4) is 0 Å². The molecule has 1 atom stereocenters. The fourth-order valence-electron chi connectivity index (χ4n) is 1.55. The van der Waals surface area contributed by atoms with Crippen molar-refractivity contribution < 1.29 is 0 Å². The lowest BCUT2D eigenvalue weighted by molar-refractivity contribution is 0.223. The summed E-state index contributed by atoms with van der Waals surface area (Å²) in [7, 11) is 0. The second kappa shape index (κ2) is 5.11. The Morgan fingerprint density at radius 2 is 2.47 bits per heavy atom. The van der Waals surface area contributed by atoms with Crippen LogP contribution >= 0.6 is 23.1 Å². The highest BCUT2D eigenvalue weighted by Gasteiger charge is 2.19. The van der Waals surface area contributed by atoms with Crippen molar-refractivity contribution in [1.82, 2.24) is 15.1 Å². The quantitative estimate of drug-likeness (QED) is 0.605. The molecule has 3 N–H and O–H groups in total. The van der Waals surface area contributed by atoms with Crippen LogP contribution in [0.25, 0.3) is 0 Å². The molecule has 0 bridgehead atoms. The van der Waals surface area contributed by atoms with Crippen molar-refractivity contribution in [1.29, 1.82) is 0 Å². The van der Waals surface area contributed by atoms with E-state index in [9.17, 15) is 0 Å². The second-order valence-corrected chi connectivity index (χ2v) is 5.75. The Labute approximate surface area is 97.4 Å². The second-order valence-electron chi connectivity index (χ2n) is 3.54. The molecule has 2 rings (SSSR count). The summed E-state index contributed by atoms with van der Waals surface area (Å²) in [5, 5.41) is 9.73. The third-order valence-corrected chi connectivity index (χ3v) is 4.46. The summed E-state index contributed by atoms with van der Waals surface area (Å²) in [5.74, 6) is 7.69. The first-order chi connectivity index (χ1) is 7.29. The minimum Gasteiger partial charge on any atom is -0.298 e. The molecular weight excluding hydrogens is 230 g/mol. The van der Waals surface area contributed by atoms with Gasteiger partial charge in [0.2, 0.25) is 5.13 Å². The van der Waals surface area contributed by atoms with Gasteiger partial charge in [0.1, 0.15) is 5.01 Å². The molecule has 1 aliphatic heterocycles. The molecule has 84 valence electrons. The number of nitrogens with zero attached hydrogens (tertiary/aromatic N) is 3. The van der Waals surface area contributed by atoms with Gasteiger partial charge in [-0.05, 0) is 6.92 Å². The molecule has 1 aliphatic rings. The number of aromatic nitrogens is 2. The van der Waals surface area contributed by atoms with Crippen LogP contribution in [-0.2, 0) is 6.54 Å². The van der Waals surface area contributed by atoms with Crippen LogP contribution in [-0.4, -0.2) is 39.2 Å². The van der Waals surface area contributed by atoms with Gasteiger partial charge >= 0.3 is 0 Å². The first kappa shape index (κ1) is 11.1. The highest BCUT2D eigenvalue weighted by atomic mass is 32.2. The zero-order chi connectivity index (χ0) is 10.7. The number of thioether (sulfide) groups is 1. The maximum atomic E-state index is 5.26. The van der Waals surface area contributed by atoms with Crippen LogP contribution in [0, 0.1) is 0 Å². The SMILES string of the molecule is CC1CSCCN1Cc1nnc(NN)s1. The van der Waals surface area contributed by atoms with Gasteiger partial charge in [-0.2, -0.15) is 11.8 Å². The van der Waals surface area contributed by atoms with Gasteiger partial charge in [-0.25, -0.2) is 5.84 Å². The number of hydrogen-bond donors (Lipinski definition) is 2. The Balaban J connectivity index is 1.95. The van der Waals surface area contributed by atoms with Crippen molar-refractivity contribution in [3.63, 3.8) is 0 Å². The number of rotatable bonds is 3. The molecular formula is C8H15N5S2. The van der Waals surface area contributed by atoms with Gasteiger partial charge in [0.05, 0.1) is 6.54 Å². The van der Waals surface area contributed by atoms with E-state index in [1.54, 1.807) is 0 Å². The molecule has 1 unspecified atom stereocenters. The van der Waals surface area contributed by atoms with E-state index in [0.29, 0.717) is 11.2 Å². The smallest absolute Gasteiger partial charge is 0.219 e. The van der Waals surface area contributed by atoms with Gasteiger partial charge in [0.25, 0.3) is 0 Å². The highest BCUT2D eigenvalue weighted by Crippen LogP contribution is 2.21. The number of anilines is 1. The largest absolute Gasteiger partial charge is 0.298 e. The minimum absolute atomic E-state index is 0.627. The fraction of sp³-hybridized carbons (Fsp3) is 0.750. The Kier molecular flexibility index (Phi) is 3.79.